The molecule has 0 bridgehead atoms. The van der Waals surface area contributed by atoms with Crippen LogP contribution in [0.4, 0.5) is 13.2 Å². The second-order valence-electron chi connectivity index (χ2n) is 9.23. The minimum absolute atomic E-state index is 0.0243. The summed E-state index contributed by atoms with van der Waals surface area (Å²) in [6, 6.07) is 13.9. The molecule has 1 amide bonds. The van der Waals surface area contributed by atoms with Crippen molar-refractivity contribution in [3.63, 3.8) is 0 Å². The number of nitrogens with one attached hydrogen (secondary N) is 1. The van der Waals surface area contributed by atoms with Gasteiger partial charge in [-0.05, 0) is 30.5 Å². The van der Waals surface area contributed by atoms with Gasteiger partial charge < -0.3 is 20.1 Å². The highest BCUT2D eigenvalue weighted by Crippen LogP contribution is 2.38. The van der Waals surface area contributed by atoms with Crippen molar-refractivity contribution in [2.75, 3.05) is 6.61 Å². The maximum atomic E-state index is 14.0. The van der Waals surface area contributed by atoms with Crippen molar-refractivity contribution in [1.29, 1.82) is 0 Å². The second-order valence-corrected chi connectivity index (χ2v) is 9.23. The van der Waals surface area contributed by atoms with E-state index in [1.165, 1.54) is 36.4 Å². The third kappa shape index (κ3) is 4.92. The number of hydrogen-bond acceptors (Lipinski definition) is 7. The van der Waals surface area contributed by atoms with Gasteiger partial charge in [-0.1, -0.05) is 60.5 Å². The van der Waals surface area contributed by atoms with Crippen LogP contribution in [0.3, 0.4) is 0 Å². The average molecular weight is 528 g/mol. The standard InChI is InChI=1S/C26H24F3N5O4/c27-26(28,29)21-19(14-30-34(21)18-6-2-1-3-7-18)24-31-22(33-38-24)17-10-8-16(9-11-17)20(36)23(37)32-25(15-35)12-4-5-13-25/h1-3,6-11,14,20,35-36H,4-5,12-13,15H2,(H,32,37). The monoisotopic (exact) mass is 527 g/mol. The van der Waals surface area contributed by atoms with Gasteiger partial charge in [-0.3, -0.25) is 4.79 Å². The smallest absolute Gasteiger partial charge is 0.394 e. The number of benzene rings is 2. The minimum Gasteiger partial charge on any atom is -0.394 e. The Morgan fingerprint density at radius 3 is 2.42 bits per heavy atom. The van der Waals surface area contributed by atoms with Crippen LogP contribution in [-0.2, 0) is 11.0 Å². The quantitative estimate of drug-likeness (QED) is 0.331. The van der Waals surface area contributed by atoms with Gasteiger partial charge in [0, 0.05) is 5.56 Å². The first-order valence-corrected chi connectivity index (χ1v) is 12.0. The first-order chi connectivity index (χ1) is 18.2. The van der Waals surface area contributed by atoms with Crippen LogP contribution in [0.15, 0.2) is 65.3 Å². The van der Waals surface area contributed by atoms with E-state index in [-0.39, 0.29) is 29.6 Å². The number of nitrogens with zero attached hydrogens (tertiary/aromatic N) is 4. The van der Waals surface area contributed by atoms with Gasteiger partial charge >= 0.3 is 6.18 Å². The highest BCUT2D eigenvalue weighted by molar-refractivity contribution is 5.83. The molecule has 3 N–H and O–H groups in total. The molecule has 1 saturated carbocycles. The van der Waals surface area contributed by atoms with Gasteiger partial charge in [0.05, 0.1) is 29.6 Å². The van der Waals surface area contributed by atoms with Gasteiger partial charge in [0.2, 0.25) is 5.82 Å². The molecule has 1 aliphatic carbocycles. The Morgan fingerprint density at radius 1 is 1.11 bits per heavy atom. The molecule has 1 aliphatic rings. The van der Waals surface area contributed by atoms with Crippen LogP contribution >= 0.6 is 0 Å². The molecule has 1 unspecified atom stereocenters. The molecule has 1 atom stereocenters. The summed E-state index contributed by atoms with van der Waals surface area (Å²) in [5, 5.41) is 30.7. The summed E-state index contributed by atoms with van der Waals surface area (Å²) >= 11 is 0. The molecular weight excluding hydrogens is 503 g/mol. The summed E-state index contributed by atoms with van der Waals surface area (Å²) in [5.41, 5.74) is -1.21. The highest BCUT2D eigenvalue weighted by Gasteiger charge is 2.41. The van der Waals surface area contributed by atoms with Crippen molar-refractivity contribution in [2.45, 2.75) is 43.5 Å². The molecule has 9 nitrogen and oxygen atoms in total. The summed E-state index contributed by atoms with van der Waals surface area (Å²) in [4.78, 5) is 16.7. The van der Waals surface area contributed by atoms with Crippen LogP contribution in [0.1, 0.15) is 43.0 Å². The Morgan fingerprint density at radius 2 is 1.79 bits per heavy atom. The summed E-state index contributed by atoms with van der Waals surface area (Å²) < 4.78 is 47.9. The van der Waals surface area contributed by atoms with E-state index in [9.17, 15) is 28.2 Å². The van der Waals surface area contributed by atoms with E-state index in [0.29, 0.717) is 24.0 Å². The first kappa shape index (κ1) is 25.6. The SMILES string of the molecule is O=C(NC1(CO)CCCC1)C(O)c1ccc(-c2noc(-c3cnn(-c4ccccc4)c3C(F)(F)F)n2)cc1. The van der Waals surface area contributed by atoms with Gasteiger partial charge in [0.25, 0.3) is 11.8 Å². The highest BCUT2D eigenvalue weighted by atomic mass is 19.4. The van der Waals surface area contributed by atoms with Crippen LogP contribution in [0, 0.1) is 0 Å². The molecule has 0 spiro atoms. The minimum atomic E-state index is -4.75. The fourth-order valence-electron chi connectivity index (χ4n) is 4.66. The van der Waals surface area contributed by atoms with Gasteiger partial charge in [0.1, 0.15) is 0 Å². The Bertz CT molecular complexity index is 1410. The van der Waals surface area contributed by atoms with E-state index in [4.69, 9.17) is 4.52 Å². The number of rotatable bonds is 7. The number of aromatic nitrogens is 4. The molecule has 1 fully saturated rings. The zero-order valence-corrected chi connectivity index (χ0v) is 20.0. The predicted molar refractivity (Wildman–Crippen MR) is 129 cm³/mol. The van der Waals surface area contributed by atoms with Crippen molar-refractivity contribution in [2.24, 2.45) is 0 Å². The summed E-state index contributed by atoms with van der Waals surface area (Å²) in [6.45, 7) is -0.204. The Kier molecular flexibility index (Phi) is 6.76. The largest absolute Gasteiger partial charge is 0.434 e. The Labute approximate surface area is 214 Å². The number of hydrogen-bond donors (Lipinski definition) is 3. The molecule has 5 rings (SSSR count). The van der Waals surface area contributed by atoms with Gasteiger partial charge in [0.15, 0.2) is 11.8 Å². The van der Waals surface area contributed by atoms with E-state index in [2.05, 4.69) is 20.6 Å². The van der Waals surface area contributed by atoms with Crippen molar-refractivity contribution in [1.82, 2.24) is 25.2 Å². The summed E-state index contributed by atoms with van der Waals surface area (Å²) in [5.74, 6) is -0.953. The third-order valence-corrected chi connectivity index (χ3v) is 6.68. The fourth-order valence-corrected chi connectivity index (χ4v) is 4.66. The first-order valence-electron chi connectivity index (χ1n) is 12.0. The van der Waals surface area contributed by atoms with Crippen molar-refractivity contribution in [3.05, 3.63) is 72.1 Å². The summed E-state index contributed by atoms with van der Waals surface area (Å²) in [6.07, 6.45) is -2.14. The lowest BCUT2D eigenvalue weighted by Crippen LogP contribution is -2.50. The Hall–Kier alpha value is -4.03. The lowest BCUT2D eigenvalue weighted by molar-refractivity contribution is -0.142. The number of aliphatic hydroxyl groups is 2. The number of carbonyl (C=O) groups is 1. The molecular formula is C26H24F3N5O4. The van der Waals surface area contributed by atoms with Gasteiger partial charge in [-0.25, -0.2) is 4.68 Å². The number of aliphatic hydroxyl groups excluding tert-OH is 2. The Balaban J connectivity index is 1.37. The van der Waals surface area contributed by atoms with E-state index in [1.54, 1.807) is 18.2 Å². The summed E-state index contributed by atoms with van der Waals surface area (Å²) in [7, 11) is 0. The maximum Gasteiger partial charge on any atom is 0.434 e. The van der Waals surface area contributed by atoms with Crippen molar-refractivity contribution < 1.29 is 32.7 Å². The van der Waals surface area contributed by atoms with Gasteiger partial charge in [-0.2, -0.15) is 23.3 Å². The molecule has 2 aromatic heterocycles. The molecule has 0 aliphatic heterocycles. The number of alkyl halides is 3. The van der Waals surface area contributed by atoms with Crippen molar-refractivity contribution >= 4 is 5.91 Å². The van der Waals surface area contributed by atoms with Crippen LogP contribution in [-0.4, -0.2) is 48.2 Å². The lowest BCUT2D eigenvalue weighted by atomic mass is 9.97. The zero-order valence-electron chi connectivity index (χ0n) is 20.0. The van der Waals surface area contributed by atoms with Crippen LogP contribution in [0.25, 0.3) is 28.5 Å². The molecule has 2 aromatic carbocycles. The van der Waals surface area contributed by atoms with E-state index in [0.717, 1.165) is 23.7 Å². The van der Waals surface area contributed by atoms with E-state index < -0.39 is 29.4 Å². The topological polar surface area (TPSA) is 126 Å². The number of para-hydroxylation sites is 1. The van der Waals surface area contributed by atoms with E-state index in [1.807, 2.05) is 0 Å². The van der Waals surface area contributed by atoms with Crippen LogP contribution < -0.4 is 5.32 Å². The molecule has 198 valence electrons. The molecule has 2 heterocycles. The molecule has 0 radical (unpaired) electrons. The maximum absolute atomic E-state index is 14.0. The van der Waals surface area contributed by atoms with E-state index >= 15 is 0 Å². The third-order valence-electron chi connectivity index (χ3n) is 6.68. The normalized spacial score (nSPS) is 15.9. The van der Waals surface area contributed by atoms with Crippen molar-refractivity contribution in [3.8, 4) is 28.5 Å². The molecule has 38 heavy (non-hydrogen) atoms. The number of halogens is 3. The predicted octanol–water partition coefficient (Wildman–Crippen LogP) is 4.06. The average Bonchev–Trinajstić information content (AvgIpc) is 3.68. The number of carbonyl (C=O) groups excluding carboxylic acids is 1. The number of amides is 1. The lowest BCUT2D eigenvalue weighted by Gasteiger charge is -2.29. The fraction of sp³-hybridized carbons (Fsp3) is 0.308. The zero-order chi connectivity index (χ0) is 26.9. The molecule has 12 heteroatoms. The second kappa shape index (κ2) is 10.0. The molecule has 4 aromatic rings. The van der Waals surface area contributed by atoms with Crippen LogP contribution in [0.5, 0.6) is 0 Å². The van der Waals surface area contributed by atoms with Crippen LogP contribution in [0.2, 0.25) is 0 Å². The van der Waals surface area contributed by atoms with Gasteiger partial charge in [-0.15, -0.1) is 0 Å². The molecule has 0 saturated heterocycles.